The largest absolute Gasteiger partial charge is 0.342 e. The van der Waals surface area contributed by atoms with Crippen LogP contribution in [0.25, 0.3) is 0 Å². The van der Waals surface area contributed by atoms with E-state index in [4.69, 9.17) is 0 Å². The average Bonchev–Trinajstić information content (AvgIpc) is 2.30. The molecule has 0 spiro atoms. The molecule has 2 aliphatic rings. The van der Waals surface area contributed by atoms with Gasteiger partial charge in [0.15, 0.2) is 0 Å². The van der Waals surface area contributed by atoms with E-state index in [-0.39, 0.29) is 0 Å². The Morgan fingerprint density at radius 1 is 1.00 bits per heavy atom. The molecule has 2 rings (SSSR count). The van der Waals surface area contributed by atoms with E-state index in [0.29, 0.717) is 17.7 Å². The maximum atomic E-state index is 12.4. The maximum absolute atomic E-state index is 12.4. The first-order valence-electron chi connectivity index (χ1n) is 6.97. The molecule has 1 aliphatic heterocycles. The highest BCUT2D eigenvalue weighted by Crippen LogP contribution is 2.32. The molecular formula is C14H25NO. The fourth-order valence-corrected chi connectivity index (χ4v) is 3.15. The summed E-state index contributed by atoms with van der Waals surface area (Å²) >= 11 is 0. The molecule has 1 heterocycles. The molecule has 2 nitrogen and oxygen atoms in total. The molecule has 16 heavy (non-hydrogen) atoms. The number of likely N-dealkylation sites (tertiary alicyclic amines) is 1. The van der Waals surface area contributed by atoms with Gasteiger partial charge >= 0.3 is 0 Å². The van der Waals surface area contributed by atoms with Gasteiger partial charge in [-0.3, -0.25) is 4.79 Å². The Balaban J connectivity index is 1.90. The Hall–Kier alpha value is -0.530. The molecule has 92 valence electrons. The van der Waals surface area contributed by atoms with Crippen LogP contribution >= 0.6 is 0 Å². The first-order valence-corrected chi connectivity index (χ1v) is 6.97. The van der Waals surface area contributed by atoms with Crippen molar-refractivity contribution >= 4 is 5.91 Å². The first-order chi connectivity index (χ1) is 7.68. The van der Waals surface area contributed by atoms with Gasteiger partial charge in [-0.15, -0.1) is 0 Å². The Bertz CT molecular complexity index is 243. The SMILES string of the molecule is CC1CCN(C(=O)C2CCCCC2C)CC1. The van der Waals surface area contributed by atoms with Crippen LogP contribution in [0.2, 0.25) is 0 Å². The van der Waals surface area contributed by atoms with Gasteiger partial charge in [0.1, 0.15) is 0 Å². The molecule has 2 heteroatoms. The van der Waals surface area contributed by atoms with Crippen molar-refractivity contribution < 1.29 is 4.79 Å². The lowest BCUT2D eigenvalue weighted by molar-refractivity contribution is -0.139. The van der Waals surface area contributed by atoms with Crippen LogP contribution in [0.4, 0.5) is 0 Å². The van der Waals surface area contributed by atoms with E-state index in [9.17, 15) is 4.79 Å². The van der Waals surface area contributed by atoms with E-state index >= 15 is 0 Å². The average molecular weight is 223 g/mol. The Morgan fingerprint density at radius 2 is 1.62 bits per heavy atom. The molecule has 0 N–H and O–H groups in total. The van der Waals surface area contributed by atoms with Gasteiger partial charge in [-0.2, -0.15) is 0 Å². The third kappa shape index (κ3) is 2.58. The summed E-state index contributed by atoms with van der Waals surface area (Å²) in [6, 6.07) is 0. The summed E-state index contributed by atoms with van der Waals surface area (Å²) in [5.74, 6) is 2.22. The third-order valence-corrected chi connectivity index (χ3v) is 4.52. The molecule has 2 atom stereocenters. The van der Waals surface area contributed by atoms with E-state index in [1.807, 2.05) is 0 Å². The number of nitrogens with zero attached hydrogens (tertiary/aromatic N) is 1. The summed E-state index contributed by atoms with van der Waals surface area (Å²) < 4.78 is 0. The van der Waals surface area contributed by atoms with E-state index in [1.54, 1.807) is 0 Å². The zero-order valence-electron chi connectivity index (χ0n) is 10.7. The molecule has 2 unspecified atom stereocenters. The first kappa shape index (κ1) is 11.9. The lowest BCUT2D eigenvalue weighted by Crippen LogP contribution is -2.43. The number of rotatable bonds is 1. The van der Waals surface area contributed by atoms with Gasteiger partial charge in [-0.05, 0) is 37.5 Å². The molecule has 0 aromatic rings. The molecule has 0 aromatic heterocycles. The van der Waals surface area contributed by atoms with E-state index in [0.717, 1.165) is 25.4 Å². The molecule has 2 fully saturated rings. The van der Waals surface area contributed by atoms with Crippen molar-refractivity contribution in [2.24, 2.45) is 17.8 Å². The monoisotopic (exact) mass is 223 g/mol. The van der Waals surface area contributed by atoms with Gasteiger partial charge in [0, 0.05) is 19.0 Å². The summed E-state index contributed by atoms with van der Waals surface area (Å²) in [6.45, 7) is 6.56. The minimum absolute atomic E-state index is 0.335. The predicted octanol–water partition coefficient (Wildman–Crippen LogP) is 3.07. The molecule has 1 saturated heterocycles. The smallest absolute Gasteiger partial charge is 0.225 e. The topological polar surface area (TPSA) is 20.3 Å². The second-order valence-electron chi connectivity index (χ2n) is 5.88. The lowest BCUT2D eigenvalue weighted by Gasteiger charge is -2.36. The molecule has 1 aliphatic carbocycles. The van der Waals surface area contributed by atoms with Gasteiger partial charge in [0.05, 0.1) is 0 Å². The molecule has 1 amide bonds. The van der Waals surface area contributed by atoms with E-state index in [1.165, 1.54) is 32.1 Å². The van der Waals surface area contributed by atoms with Crippen molar-refractivity contribution in [3.8, 4) is 0 Å². The second-order valence-corrected chi connectivity index (χ2v) is 5.88. The highest BCUT2D eigenvalue weighted by molar-refractivity contribution is 5.79. The summed E-state index contributed by atoms with van der Waals surface area (Å²) in [5, 5.41) is 0. The molecule has 0 aromatic carbocycles. The summed E-state index contributed by atoms with van der Waals surface area (Å²) in [6.07, 6.45) is 7.36. The highest BCUT2D eigenvalue weighted by Gasteiger charge is 2.32. The quantitative estimate of drug-likeness (QED) is 0.669. The van der Waals surface area contributed by atoms with Crippen molar-refractivity contribution in [3.05, 3.63) is 0 Å². The highest BCUT2D eigenvalue weighted by atomic mass is 16.2. The zero-order chi connectivity index (χ0) is 11.5. The summed E-state index contributed by atoms with van der Waals surface area (Å²) in [4.78, 5) is 14.5. The normalized spacial score (nSPS) is 32.8. The number of hydrogen-bond acceptors (Lipinski definition) is 1. The lowest BCUT2D eigenvalue weighted by atomic mass is 9.79. The van der Waals surface area contributed by atoms with Crippen molar-refractivity contribution in [2.75, 3.05) is 13.1 Å². The van der Waals surface area contributed by atoms with Crippen molar-refractivity contribution in [2.45, 2.75) is 52.4 Å². The zero-order valence-corrected chi connectivity index (χ0v) is 10.7. The minimum Gasteiger partial charge on any atom is -0.342 e. The standard InChI is InChI=1S/C14H25NO/c1-11-7-9-15(10-8-11)14(16)13-6-4-3-5-12(13)2/h11-13H,3-10H2,1-2H3. The number of carbonyl (C=O) groups is 1. The van der Waals surface area contributed by atoms with Crippen LogP contribution in [0.1, 0.15) is 52.4 Å². The van der Waals surface area contributed by atoms with Crippen LogP contribution in [-0.2, 0) is 4.79 Å². The van der Waals surface area contributed by atoms with Crippen molar-refractivity contribution in [3.63, 3.8) is 0 Å². The Labute approximate surface area is 99.4 Å². The van der Waals surface area contributed by atoms with E-state index in [2.05, 4.69) is 18.7 Å². The number of hydrogen-bond donors (Lipinski definition) is 0. The van der Waals surface area contributed by atoms with Crippen LogP contribution < -0.4 is 0 Å². The van der Waals surface area contributed by atoms with Crippen LogP contribution in [0.3, 0.4) is 0 Å². The second kappa shape index (κ2) is 5.20. The fraction of sp³-hybridized carbons (Fsp3) is 0.929. The van der Waals surface area contributed by atoms with Gasteiger partial charge < -0.3 is 4.90 Å². The van der Waals surface area contributed by atoms with Gasteiger partial charge in [-0.1, -0.05) is 26.7 Å². The molecule has 0 radical (unpaired) electrons. The Kier molecular flexibility index (Phi) is 3.88. The molecular weight excluding hydrogens is 198 g/mol. The maximum Gasteiger partial charge on any atom is 0.225 e. The van der Waals surface area contributed by atoms with Crippen molar-refractivity contribution in [1.82, 2.24) is 4.90 Å². The minimum atomic E-state index is 0.335. The number of amides is 1. The Morgan fingerprint density at radius 3 is 2.25 bits per heavy atom. The molecule has 1 saturated carbocycles. The van der Waals surface area contributed by atoms with Crippen LogP contribution in [-0.4, -0.2) is 23.9 Å². The van der Waals surface area contributed by atoms with Gasteiger partial charge in [-0.25, -0.2) is 0 Å². The van der Waals surface area contributed by atoms with Gasteiger partial charge in [0.25, 0.3) is 0 Å². The van der Waals surface area contributed by atoms with Crippen LogP contribution in [0, 0.1) is 17.8 Å². The van der Waals surface area contributed by atoms with Crippen molar-refractivity contribution in [1.29, 1.82) is 0 Å². The van der Waals surface area contributed by atoms with Crippen LogP contribution in [0.15, 0.2) is 0 Å². The number of piperidine rings is 1. The summed E-state index contributed by atoms with van der Waals surface area (Å²) in [7, 11) is 0. The predicted molar refractivity (Wildman–Crippen MR) is 66.1 cm³/mol. The number of carbonyl (C=O) groups excluding carboxylic acids is 1. The summed E-state index contributed by atoms with van der Waals surface area (Å²) in [5.41, 5.74) is 0. The van der Waals surface area contributed by atoms with Crippen LogP contribution in [0.5, 0.6) is 0 Å². The third-order valence-electron chi connectivity index (χ3n) is 4.52. The van der Waals surface area contributed by atoms with E-state index < -0.39 is 0 Å². The van der Waals surface area contributed by atoms with Gasteiger partial charge in [0.2, 0.25) is 5.91 Å². The molecule has 0 bridgehead atoms. The fourth-order valence-electron chi connectivity index (χ4n) is 3.15.